The largest absolute Gasteiger partial charge is 0.495 e. The zero-order valence-electron chi connectivity index (χ0n) is 19.1. The highest BCUT2D eigenvalue weighted by molar-refractivity contribution is 7.89. The second kappa shape index (κ2) is 10.9. The lowest BCUT2D eigenvalue weighted by molar-refractivity contribution is -0.126. The molecule has 0 spiro atoms. The SMILES string of the molecule is COc1ccc(C(=O)N2CCC(C(=O)NCCC(C)C)CC2)cc1S(=O)(=O)NC(C)C. The Kier molecular flexibility index (Phi) is 8.88. The lowest BCUT2D eigenvalue weighted by Gasteiger charge is -2.31. The van der Waals surface area contributed by atoms with E-state index in [-0.39, 0.29) is 40.0 Å². The molecule has 2 amide bonds. The second-order valence-corrected chi connectivity index (χ2v) is 10.4. The van der Waals surface area contributed by atoms with Gasteiger partial charge in [0, 0.05) is 37.2 Å². The van der Waals surface area contributed by atoms with Crippen molar-refractivity contribution in [2.75, 3.05) is 26.7 Å². The molecule has 2 N–H and O–H groups in total. The molecule has 9 heteroatoms. The normalized spacial score (nSPS) is 15.4. The number of sulfonamides is 1. The van der Waals surface area contributed by atoms with Crippen molar-refractivity contribution in [3.63, 3.8) is 0 Å². The highest BCUT2D eigenvalue weighted by Gasteiger charge is 2.29. The highest BCUT2D eigenvalue weighted by Crippen LogP contribution is 2.27. The number of piperidine rings is 1. The molecule has 31 heavy (non-hydrogen) atoms. The van der Waals surface area contributed by atoms with Crippen molar-refractivity contribution in [3.8, 4) is 5.75 Å². The summed E-state index contributed by atoms with van der Waals surface area (Å²) in [4.78, 5) is 26.9. The predicted molar refractivity (Wildman–Crippen MR) is 120 cm³/mol. The minimum atomic E-state index is -3.82. The van der Waals surface area contributed by atoms with Crippen LogP contribution in [-0.2, 0) is 14.8 Å². The van der Waals surface area contributed by atoms with Crippen molar-refractivity contribution in [2.45, 2.75) is 57.9 Å². The first-order chi connectivity index (χ1) is 14.5. The smallest absolute Gasteiger partial charge is 0.253 e. The Morgan fingerprint density at radius 1 is 1.16 bits per heavy atom. The molecule has 174 valence electrons. The van der Waals surface area contributed by atoms with Crippen molar-refractivity contribution in [3.05, 3.63) is 23.8 Å². The molecular formula is C22H35N3O5S. The van der Waals surface area contributed by atoms with E-state index in [0.717, 1.165) is 6.42 Å². The summed E-state index contributed by atoms with van der Waals surface area (Å²) < 4.78 is 33.0. The van der Waals surface area contributed by atoms with Gasteiger partial charge in [0.05, 0.1) is 7.11 Å². The molecule has 0 atom stereocenters. The third kappa shape index (κ3) is 6.93. The van der Waals surface area contributed by atoms with E-state index in [2.05, 4.69) is 23.9 Å². The third-order valence-electron chi connectivity index (χ3n) is 5.26. The summed E-state index contributed by atoms with van der Waals surface area (Å²) in [6.07, 6.45) is 2.13. The molecule has 1 aromatic carbocycles. The van der Waals surface area contributed by atoms with Crippen LogP contribution in [0.4, 0.5) is 0 Å². The van der Waals surface area contributed by atoms with Crippen LogP contribution in [0.25, 0.3) is 0 Å². The molecule has 0 bridgehead atoms. The quantitative estimate of drug-likeness (QED) is 0.597. The van der Waals surface area contributed by atoms with E-state index >= 15 is 0 Å². The van der Waals surface area contributed by atoms with Gasteiger partial charge < -0.3 is 15.0 Å². The average molecular weight is 454 g/mol. The van der Waals surface area contributed by atoms with Crippen LogP contribution < -0.4 is 14.8 Å². The number of hydrogen-bond acceptors (Lipinski definition) is 5. The zero-order chi connectivity index (χ0) is 23.2. The lowest BCUT2D eigenvalue weighted by Crippen LogP contribution is -2.43. The maximum Gasteiger partial charge on any atom is 0.253 e. The number of likely N-dealkylation sites (tertiary alicyclic amines) is 1. The zero-order valence-corrected chi connectivity index (χ0v) is 19.9. The van der Waals surface area contributed by atoms with E-state index in [1.165, 1.54) is 19.2 Å². The summed E-state index contributed by atoms with van der Waals surface area (Å²) in [6, 6.07) is 4.13. The molecule has 8 nitrogen and oxygen atoms in total. The van der Waals surface area contributed by atoms with E-state index in [1.54, 1.807) is 24.8 Å². The van der Waals surface area contributed by atoms with E-state index < -0.39 is 10.0 Å². The topological polar surface area (TPSA) is 105 Å². The van der Waals surface area contributed by atoms with Gasteiger partial charge in [-0.2, -0.15) is 0 Å². The van der Waals surface area contributed by atoms with Gasteiger partial charge in [-0.25, -0.2) is 13.1 Å². The predicted octanol–water partition coefficient (Wildman–Crippen LogP) is 2.40. The Labute approximate surface area is 185 Å². The fraction of sp³-hybridized carbons (Fsp3) is 0.636. The average Bonchev–Trinajstić information content (AvgIpc) is 2.71. The van der Waals surface area contributed by atoms with Crippen LogP contribution in [0.2, 0.25) is 0 Å². The molecule has 1 aromatic rings. The first-order valence-electron chi connectivity index (χ1n) is 10.8. The van der Waals surface area contributed by atoms with Gasteiger partial charge in [-0.15, -0.1) is 0 Å². The number of methoxy groups -OCH3 is 1. The van der Waals surface area contributed by atoms with Gasteiger partial charge in [0.15, 0.2) is 0 Å². The van der Waals surface area contributed by atoms with Gasteiger partial charge in [0.1, 0.15) is 10.6 Å². The van der Waals surface area contributed by atoms with Crippen molar-refractivity contribution in [2.24, 2.45) is 11.8 Å². The monoisotopic (exact) mass is 453 g/mol. The summed E-state index contributed by atoms with van der Waals surface area (Å²) in [6.45, 7) is 9.27. The Morgan fingerprint density at radius 2 is 1.81 bits per heavy atom. The molecule has 0 saturated carbocycles. The van der Waals surface area contributed by atoms with Gasteiger partial charge in [-0.05, 0) is 57.2 Å². The minimum Gasteiger partial charge on any atom is -0.495 e. The standard InChI is InChI=1S/C22H35N3O5S/c1-15(2)8-11-23-21(26)17-9-12-25(13-10-17)22(27)18-6-7-19(30-5)20(14-18)31(28,29)24-16(3)4/h6-7,14-17,24H,8-13H2,1-5H3,(H,23,26). The molecule has 1 heterocycles. The Balaban J connectivity index is 2.06. The molecule has 0 aliphatic carbocycles. The minimum absolute atomic E-state index is 0.0466. The summed E-state index contributed by atoms with van der Waals surface area (Å²) in [5, 5.41) is 2.98. The first-order valence-corrected chi connectivity index (χ1v) is 12.3. The highest BCUT2D eigenvalue weighted by atomic mass is 32.2. The fourth-order valence-corrected chi connectivity index (χ4v) is 5.00. The molecule has 2 rings (SSSR count). The fourth-order valence-electron chi connectivity index (χ4n) is 3.55. The first kappa shape index (κ1) is 25.1. The summed E-state index contributed by atoms with van der Waals surface area (Å²) in [5.41, 5.74) is 0.282. The third-order valence-corrected chi connectivity index (χ3v) is 6.94. The Morgan fingerprint density at radius 3 is 2.35 bits per heavy atom. The van der Waals surface area contributed by atoms with Crippen molar-refractivity contribution >= 4 is 21.8 Å². The molecular weight excluding hydrogens is 418 g/mol. The van der Waals surface area contributed by atoms with Crippen molar-refractivity contribution in [1.29, 1.82) is 0 Å². The number of amides is 2. The molecule has 1 saturated heterocycles. The van der Waals surface area contributed by atoms with E-state index in [9.17, 15) is 18.0 Å². The number of carbonyl (C=O) groups is 2. The molecule has 0 unspecified atom stereocenters. The van der Waals surface area contributed by atoms with E-state index in [0.29, 0.717) is 38.4 Å². The van der Waals surface area contributed by atoms with Gasteiger partial charge in [0.25, 0.3) is 5.91 Å². The molecule has 0 aromatic heterocycles. The van der Waals surface area contributed by atoms with Crippen molar-refractivity contribution in [1.82, 2.24) is 14.9 Å². The summed E-state index contributed by atoms with van der Waals surface area (Å²) in [5.74, 6) is 0.418. The Bertz CT molecular complexity index is 875. The van der Waals surface area contributed by atoms with Crippen LogP contribution in [0.1, 0.15) is 57.3 Å². The van der Waals surface area contributed by atoms with E-state index in [1.807, 2.05) is 0 Å². The number of rotatable bonds is 9. The van der Waals surface area contributed by atoms with Crippen LogP contribution in [0.15, 0.2) is 23.1 Å². The van der Waals surface area contributed by atoms with Gasteiger partial charge in [-0.3, -0.25) is 9.59 Å². The molecule has 1 aliphatic heterocycles. The lowest BCUT2D eigenvalue weighted by atomic mass is 9.95. The van der Waals surface area contributed by atoms with Crippen LogP contribution in [0, 0.1) is 11.8 Å². The van der Waals surface area contributed by atoms with Gasteiger partial charge in [-0.1, -0.05) is 13.8 Å². The summed E-state index contributed by atoms with van der Waals surface area (Å²) >= 11 is 0. The molecule has 1 fully saturated rings. The number of benzene rings is 1. The Hall–Kier alpha value is -2.13. The number of hydrogen-bond donors (Lipinski definition) is 2. The maximum atomic E-state index is 13.0. The maximum absolute atomic E-state index is 13.0. The molecule has 1 aliphatic rings. The van der Waals surface area contributed by atoms with Gasteiger partial charge in [0.2, 0.25) is 15.9 Å². The van der Waals surface area contributed by atoms with Crippen LogP contribution in [0.3, 0.4) is 0 Å². The number of carbonyl (C=O) groups excluding carboxylic acids is 2. The number of nitrogens with zero attached hydrogens (tertiary/aromatic N) is 1. The van der Waals surface area contributed by atoms with Crippen LogP contribution in [-0.4, -0.2) is 57.9 Å². The number of ether oxygens (including phenoxy) is 1. The van der Waals surface area contributed by atoms with Crippen LogP contribution in [0.5, 0.6) is 5.75 Å². The van der Waals surface area contributed by atoms with Crippen LogP contribution >= 0.6 is 0 Å². The van der Waals surface area contributed by atoms with Crippen molar-refractivity contribution < 1.29 is 22.7 Å². The second-order valence-electron chi connectivity index (χ2n) is 8.68. The van der Waals surface area contributed by atoms with E-state index in [4.69, 9.17) is 4.74 Å². The number of nitrogens with one attached hydrogen (secondary N) is 2. The van der Waals surface area contributed by atoms with Gasteiger partial charge >= 0.3 is 0 Å². The molecule has 0 radical (unpaired) electrons. The summed E-state index contributed by atoms with van der Waals surface area (Å²) in [7, 11) is -2.43.